The number of nitrogens with two attached hydrogens (primary N) is 1. The van der Waals surface area contributed by atoms with Gasteiger partial charge in [0.2, 0.25) is 5.91 Å². The number of halogens is 1. The third-order valence-corrected chi connectivity index (χ3v) is 5.38. The van der Waals surface area contributed by atoms with Gasteiger partial charge in [-0.15, -0.1) is 0 Å². The highest BCUT2D eigenvalue weighted by molar-refractivity contribution is 5.77. The molecule has 2 heterocycles. The zero-order valence-electron chi connectivity index (χ0n) is 14.7. The molecule has 2 aliphatic heterocycles. The van der Waals surface area contributed by atoms with Crippen LogP contribution in [0, 0.1) is 5.82 Å². The number of carbonyl (C=O) groups is 1. The van der Waals surface area contributed by atoms with E-state index in [1.54, 1.807) is 6.07 Å². The van der Waals surface area contributed by atoms with Crippen molar-refractivity contribution in [2.45, 2.75) is 37.8 Å². The lowest BCUT2D eigenvalue weighted by atomic mass is 9.90. The number of nitrogens with zero attached hydrogens (tertiary/aromatic N) is 1. The van der Waals surface area contributed by atoms with Crippen molar-refractivity contribution < 1.29 is 13.9 Å². The van der Waals surface area contributed by atoms with Gasteiger partial charge in [0.05, 0.1) is 19.1 Å². The summed E-state index contributed by atoms with van der Waals surface area (Å²) in [5, 5.41) is 0. The molecule has 1 amide bonds. The van der Waals surface area contributed by atoms with Crippen molar-refractivity contribution in [2.75, 3.05) is 13.2 Å². The minimum atomic E-state index is -0.275. The molecular weight excluding hydrogens is 331 g/mol. The van der Waals surface area contributed by atoms with Crippen molar-refractivity contribution in [1.82, 2.24) is 4.90 Å². The molecule has 0 aliphatic carbocycles. The number of piperidine rings is 1. The van der Waals surface area contributed by atoms with Crippen molar-refractivity contribution in [3.63, 3.8) is 0 Å². The molecule has 2 unspecified atom stereocenters. The second-order valence-electron chi connectivity index (χ2n) is 7.07. The van der Waals surface area contributed by atoms with Crippen LogP contribution in [-0.2, 0) is 11.2 Å². The van der Waals surface area contributed by atoms with Crippen LogP contribution >= 0.6 is 0 Å². The average Bonchev–Trinajstić information content (AvgIpc) is 2.64. The van der Waals surface area contributed by atoms with Crippen LogP contribution in [0.5, 0.6) is 5.75 Å². The van der Waals surface area contributed by atoms with E-state index in [0.29, 0.717) is 29.7 Å². The summed E-state index contributed by atoms with van der Waals surface area (Å²) < 4.78 is 20.4. The van der Waals surface area contributed by atoms with Crippen LogP contribution in [0.25, 0.3) is 11.1 Å². The first-order valence-corrected chi connectivity index (χ1v) is 9.19. The van der Waals surface area contributed by atoms with Gasteiger partial charge in [0.25, 0.3) is 0 Å². The maximum atomic E-state index is 14.5. The highest BCUT2D eigenvalue weighted by atomic mass is 19.1. The molecule has 26 heavy (non-hydrogen) atoms. The predicted octanol–water partition coefficient (Wildman–Crippen LogP) is 3.14. The number of hydrogen-bond donors (Lipinski definition) is 1. The third-order valence-electron chi connectivity index (χ3n) is 5.38. The molecular formula is C21H23FN2O2. The molecule has 0 radical (unpaired) electrons. The summed E-state index contributed by atoms with van der Waals surface area (Å²) in [5.74, 6) is 0.400. The van der Waals surface area contributed by atoms with Gasteiger partial charge < -0.3 is 15.4 Å². The van der Waals surface area contributed by atoms with Crippen molar-refractivity contribution in [3.05, 3.63) is 53.8 Å². The van der Waals surface area contributed by atoms with Gasteiger partial charge in [-0.3, -0.25) is 4.79 Å². The maximum absolute atomic E-state index is 14.5. The first-order chi connectivity index (χ1) is 12.6. The Balaban J connectivity index is 1.80. The number of amides is 1. The Kier molecular flexibility index (Phi) is 4.64. The lowest BCUT2D eigenvalue weighted by Gasteiger charge is -2.40. The van der Waals surface area contributed by atoms with Gasteiger partial charge >= 0.3 is 0 Å². The van der Waals surface area contributed by atoms with Gasteiger partial charge in [0.15, 0.2) is 0 Å². The molecule has 2 N–H and O–H groups in total. The molecule has 5 heteroatoms. The molecule has 0 aromatic heterocycles. The summed E-state index contributed by atoms with van der Waals surface area (Å²) in [6, 6.07) is 12.4. The summed E-state index contributed by atoms with van der Waals surface area (Å²) in [6.07, 6.45) is 2.76. The predicted molar refractivity (Wildman–Crippen MR) is 98.4 cm³/mol. The van der Waals surface area contributed by atoms with E-state index >= 15 is 0 Å². The number of para-hydroxylation sites is 1. The summed E-state index contributed by atoms with van der Waals surface area (Å²) in [7, 11) is 0. The van der Waals surface area contributed by atoms with Crippen molar-refractivity contribution in [1.29, 1.82) is 0 Å². The summed E-state index contributed by atoms with van der Waals surface area (Å²) in [5.41, 5.74) is 8.57. The Morgan fingerprint density at radius 3 is 2.88 bits per heavy atom. The van der Waals surface area contributed by atoms with Crippen LogP contribution in [0.4, 0.5) is 4.39 Å². The summed E-state index contributed by atoms with van der Waals surface area (Å²) in [4.78, 5) is 14.6. The van der Waals surface area contributed by atoms with Gasteiger partial charge in [-0.25, -0.2) is 4.39 Å². The number of benzene rings is 2. The monoisotopic (exact) mass is 354 g/mol. The molecule has 0 spiro atoms. The van der Waals surface area contributed by atoms with E-state index in [-0.39, 0.29) is 30.4 Å². The van der Waals surface area contributed by atoms with Crippen LogP contribution in [0.3, 0.4) is 0 Å². The zero-order chi connectivity index (χ0) is 18.1. The standard InChI is InChI=1S/C21H23FN2O2/c22-17-8-7-14-12-16(17)15-4-1-2-6-20(15)26-11-9-21(25)24-10-3-5-18(23)19(24)13-14/h1-2,4,6-8,12,18-19H,3,5,9-11,13,23H2. The molecule has 4 nitrogen and oxygen atoms in total. The molecule has 1 fully saturated rings. The highest BCUT2D eigenvalue weighted by Gasteiger charge is 2.32. The number of ether oxygens (including phenoxy) is 1. The molecule has 4 rings (SSSR count). The fourth-order valence-electron chi connectivity index (χ4n) is 4.01. The highest BCUT2D eigenvalue weighted by Crippen LogP contribution is 2.34. The average molecular weight is 354 g/mol. The Morgan fingerprint density at radius 1 is 1.15 bits per heavy atom. The minimum absolute atomic E-state index is 0.0516. The van der Waals surface area contributed by atoms with Crippen LogP contribution in [0.2, 0.25) is 0 Å². The van der Waals surface area contributed by atoms with Gasteiger partial charge in [-0.05, 0) is 43.0 Å². The van der Waals surface area contributed by atoms with Crippen molar-refractivity contribution in [2.24, 2.45) is 5.73 Å². The van der Waals surface area contributed by atoms with E-state index in [1.807, 2.05) is 35.2 Å². The molecule has 2 aromatic rings. The molecule has 0 saturated carbocycles. The van der Waals surface area contributed by atoms with E-state index in [2.05, 4.69) is 0 Å². The van der Waals surface area contributed by atoms with E-state index in [1.165, 1.54) is 6.07 Å². The Hall–Kier alpha value is -2.40. The van der Waals surface area contributed by atoms with E-state index in [0.717, 1.165) is 24.9 Å². The minimum Gasteiger partial charge on any atom is -0.492 e. The third kappa shape index (κ3) is 3.19. The number of rotatable bonds is 0. The topological polar surface area (TPSA) is 55.6 Å². The SMILES string of the molecule is NC1CCCN2C(=O)CCOc3ccccc3-c3cc(ccc3F)CC12. The van der Waals surface area contributed by atoms with Crippen molar-refractivity contribution >= 4 is 5.91 Å². The lowest BCUT2D eigenvalue weighted by molar-refractivity contribution is -0.135. The van der Waals surface area contributed by atoms with Gasteiger partial charge in [-0.2, -0.15) is 0 Å². The lowest BCUT2D eigenvalue weighted by Crippen LogP contribution is -2.55. The largest absolute Gasteiger partial charge is 0.492 e. The first-order valence-electron chi connectivity index (χ1n) is 9.19. The van der Waals surface area contributed by atoms with E-state index < -0.39 is 0 Å². The van der Waals surface area contributed by atoms with Crippen LogP contribution in [-0.4, -0.2) is 36.0 Å². The van der Waals surface area contributed by atoms with Crippen LogP contribution < -0.4 is 10.5 Å². The molecule has 2 aromatic carbocycles. The Bertz CT molecular complexity index is 823. The van der Waals surface area contributed by atoms with Gasteiger partial charge in [0, 0.05) is 23.7 Å². The Morgan fingerprint density at radius 2 is 2.00 bits per heavy atom. The van der Waals surface area contributed by atoms with Crippen LogP contribution in [0.1, 0.15) is 24.8 Å². The molecule has 2 bridgehead atoms. The summed E-state index contributed by atoms with van der Waals surface area (Å²) >= 11 is 0. The molecule has 2 atom stereocenters. The molecule has 136 valence electrons. The maximum Gasteiger partial charge on any atom is 0.226 e. The fourth-order valence-corrected chi connectivity index (χ4v) is 4.01. The number of hydrogen-bond acceptors (Lipinski definition) is 3. The molecule has 1 saturated heterocycles. The van der Waals surface area contributed by atoms with Gasteiger partial charge in [-0.1, -0.05) is 24.3 Å². The van der Waals surface area contributed by atoms with E-state index in [4.69, 9.17) is 10.5 Å². The summed E-state index contributed by atoms with van der Waals surface area (Å²) in [6.45, 7) is 0.997. The zero-order valence-corrected chi connectivity index (χ0v) is 14.7. The fraction of sp³-hybridized carbons (Fsp3) is 0.381. The Labute approximate surface area is 152 Å². The second-order valence-corrected chi connectivity index (χ2v) is 7.07. The molecule has 2 aliphatic rings. The number of carbonyl (C=O) groups excluding carboxylic acids is 1. The van der Waals surface area contributed by atoms with E-state index in [9.17, 15) is 9.18 Å². The first kappa shape index (κ1) is 17.0. The normalized spacial score (nSPS) is 23.2. The smallest absolute Gasteiger partial charge is 0.226 e. The van der Waals surface area contributed by atoms with Crippen LogP contribution in [0.15, 0.2) is 42.5 Å². The van der Waals surface area contributed by atoms with Gasteiger partial charge in [0.1, 0.15) is 11.6 Å². The second kappa shape index (κ2) is 7.08. The number of fused-ring (bicyclic) bond motifs is 5. The van der Waals surface area contributed by atoms with Crippen molar-refractivity contribution in [3.8, 4) is 16.9 Å². The quantitative estimate of drug-likeness (QED) is 0.791.